The summed E-state index contributed by atoms with van der Waals surface area (Å²) < 4.78 is 14.9. The van der Waals surface area contributed by atoms with Gasteiger partial charge < -0.3 is 9.26 Å². The van der Waals surface area contributed by atoms with Crippen molar-refractivity contribution in [1.82, 2.24) is 14.9 Å². The summed E-state index contributed by atoms with van der Waals surface area (Å²) in [6.45, 7) is 3.87. The summed E-state index contributed by atoms with van der Waals surface area (Å²) in [5, 5.41) is 14.5. The molecule has 0 bridgehead atoms. The van der Waals surface area contributed by atoms with Gasteiger partial charge in [-0.05, 0) is 68.9 Å². The van der Waals surface area contributed by atoms with E-state index in [9.17, 15) is 5.26 Å². The van der Waals surface area contributed by atoms with E-state index in [-0.39, 0.29) is 6.10 Å². The van der Waals surface area contributed by atoms with Gasteiger partial charge in [0.15, 0.2) is 0 Å². The zero-order valence-corrected chi connectivity index (χ0v) is 18.4. The maximum atomic E-state index is 9.49. The fourth-order valence-corrected chi connectivity index (χ4v) is 4.88. The highest BCUT2D eigenvalue weighted by atomic mass is 32.2. The van der Waals surface area contributed by atoms with E-state index in [4.69, 9.17) is 9.26 Å². The summed E-state index contributed by atoms with van der Waals surface area (Å²) in [4.78, 5) is 4.65. The molecular weight excluding hydrogens is 408 g/mol. The highest BCUT2D eigenvalue weighted by molar-refractivity contribution is 7.98. The molecule has 6 nitrogen and oxygen atoms in total. The standard InChI is InChI=1S/C24H24N4O2S/c1-14(2)29-22-11-6-15(12-16(22)13-25)24-26-23(27-30-24)20-5-3-4-19-18(20)9-10-21(19)28-31-17-7-8-17/h3-6,11-12,14,17,21,28H,7-10H2,1-2H3. The van der Waals surface area contributed by atoms with Crippen molar-refractivity contribution in [1.29, 1.82) is 5.26 Å². The van der Waals surface area contributed by atoms with Gasteiger partial charge in [-0.2, -0.15) is 10.2 Å². The average molecular weight is 433 g/mol. The van der Waals surface area contributed by atoms with Crippen molar-refractivity contribution in [3.8, 4) is 34.7 Å². The lowest BCUT2D eigenvalue weighted by atomic mass is 10.0. The van der Waals surface area contributed by atoms with Crippen LogP contribution in [0.4, 0.5) is 0 Å². The minimum absolute atomic E-state index is 0.00544. The van der Waals surface area contributed by atoms with Gasteiger partial charge in [0.2, 0.25) is 5.82 Å². The van der Waals surface area contributed by atoms with Gasteiger partial charge in [0.25, 0.3) is 5.89 Å². The van der Waals surface area contributed by atoms with Crippen LogP contribution in [0, 0.1) is 11.3 Å². The predicted molar refractivity (Wildman–Crippen MR) is 120 cm³/mol. The number of hydrogen-bond donors (Lipinski definition) is 1. The molecule has 0 radical (unpaired) electrons. The lowest BCUT2D eigenvalue weighted by Gasteiger charge is -2.13. The molecule has 1 saturated carbocycles. The number of fused-ring (bicyclic) bond motifs is 1. The van der Waals surface area contributed by atoms with Crippen LogP contribution in [0.15, 0.2) is 40.9 Å². The number of hydrogen-bond acceptors (Lipinski definition) is 7. The third-order valence-corrected chi connectivity index (χ3v) is 6.77. The first kappa shape index (κ1) is 20.1. The van der Waals surface area contributed by atoms with Crippen LogP contribution in [0.2, 0.25) is 0 Å². The molecule has 158 valence electrons. The minimum Gasteiger partial charge on any atom is -0.490 e. The Morgan fingerprint density at radius 3 is 2.87 bits per heavy atom. The average Bonchev–Trinajstić information content (AvgIpc) is 3.31. The SMILES string of the molecule is CC(C)Oc1ccc(-c2nc(-c3cccc4c3CCC4NSC3CC3)no2)cc1C#N. The van der Waals surface area contributed by atoms with Crippen molar-refractivity contribution in [2.24, 2.45) is 0 Å². The second-order valence-corrected chi connectivity index (χ2v) is 9.45. The van der Waals surface area contributed by atoms with E-state index >= 15 is 0 Å². The van der Waals surface area contributed by atoms with E-state index in [1.54, 1.807) is 12.1 Å². The van der Waals surface area contributed by atoms with Crippen LogP contribution in [-0.4, -0.2) is 21.5 Å². The third kappa shape index (κ3) is 4.18. The molecule has 1 unspecified atom stereocenters. The van der Waals surface area contributed by atoms with Crippen LogP contribution < -0.4 is 9.46 Å². The molecule has 2 aliphatic rings. The van der Waals surface area contributed by atoms with Crippen molar-refractivity contribution < 1.29 is 9.26 Å². The van der Waals surface area contributed by atoms with Crippen LogP contribution in [0.1, 0.15) is 55.8 Å². The van der Waals surface area contributed by atoms with Gasteiger partial charge in [-0.3, -0.25) is 4.72 Å². The molecule has 1 fully saturated rings. The summed E-state index contributed by atoms with van der Waals surface area (Å²) >= 11 is 1.88. The van der Waals surface area contributed by atoms with Crippen molar-refractivity contribution in [2.75, 3.05) is 0 Å². The highest BCUT2D eigenvalue weighted by Crippen LogP contribution is 2.40. The molecule has 2 aliphatic carbocycles. The lowest BCUT2D eigenvalue weighted by Crippen LogP contribution is -2.11. The molecule has 1 N–H and O–H groups in total. The number of nitrogens with one attached hydrogen (secondary N) is 1. The Hall–Kier alpha value is -2.82. The van der Waals surface area contributed by atoms with E-state index in [1.165, 1.54) is 24.0 Å². The Balaban J connectivity index is 1.41. The number of rotatable bonds is 7. The number of benzene rings is 2. The molecule has 0 saturated heterocycles. The summed E-state index contributed by atoms with van der Waals surface area (Å²) in [7, 11) is 0. The van der Waals surface area contributed by atoms with Crippen LogP contribution >= 0.6 is 11.9 Å². The van der Waals surface area contributed by atoms with Gasteiger partial charge in [0.05, 0.1) is 11.7 Å². The predicted octanol–water partition coefficient (Wildman–Crippen LogP) is 5.45. The van der Waals surface area contributed by atoms with Gasteiger partial charge in [-0.25, -0.2) is 0 Å². The van der Waals surface area contributed by atoms with E-state index in [0.29, 0.717) is 34.6 Å². The third-order valence-electron chi connectivity index (χ3n) is 5.55. The summed E-state index contributed by atoms with van der Waals surface area (Å²) in [5.41, 5.74) is 4.81. The summed E-state index contributed by atoms with van der Waals surface area (Å²) in [6, 6.07) is 14.3. The van der Waals surface area contributed by atoms with Crippen LogP contribution in [0.3, 0.4) is 0 Å². The molecule has 5 rings (SSSR count). The first-order valence-electron chi connectivity index (χ1n) is 10.7. The Morgan fingerprint density at radius 2 is 2.10 bits per heavy atom. The van der Waals surface area contributed by atoms with E-state index < -0.39 is 0 Å². The number of nitrogens with zero attached hydrogens (tertiary/aromatic N) is 3. The smallest absolute Gasteiger partial charge is 0.258 e. The molecule has 1 atom stereocenters. The molecule has 0 amide bonds. The second-order valence-electron chi connectivity index (χ2n) is 8.31. The van der Waals surface area contributed by atoms with E-state index in [0.717, 1.165) is 23.7 Å². The normalized spacial score (nSPS) is 17.5. The summed E-state index contributed by atoms with van der Waals surface area (Å²) in [6.07, 6.45) is 4.72. The maximum Gasteiger partial charge on any atom is 0.258 e. The topological polar surface area (TPSA) is 84.0 Å². The van der Waals surface area contributed by atoms with Gasteiger partial charge in [0.1, 0.15) is 11.8 Å². The van der Waals surface area contributed by atoms with Gasteiger partial charge in [0, 0.05) is 22.4 Å². The fraction of sp³-hybridized carbons (Fsp3) is 0.375. The molecule has 0 spiro atoms. The second kappa shape index (κ2) is 8.37. The van der Waals surface area contributed by atoms with Crippen LogP contribution in [0.5, 0.6) is 5.75 Å². The van der Waals surface area contributed by atoms with Gasteiger partial charge in [-0.15, -0.1) is 0 Å². The first-order valence-corrected chi connectivity index (χ1v) is 11.6. The maximum absolute atomic E-state index is 9.49. The molecule has 7 heteroatoms. The van der Waals surface area contributed by atoms with Gasteiger partial charge >= 0.3 is 0 Å². The zero-order valence-electron chi connectivity index (χ0n) is 17.6. The molecule has 2 aromatic carbocycles. The molecular formula is C24H24N4O2S. The Kier molecular flexibility index (Phi) is 5.43. The van der Waals surface area contributed by atoms with Crippen LogP contribution in [0.25, 0.3) is 22.8 Å². The summed E-state index contributed by atoms with van der Waals surface area (Å²) in [5.74, 6) is 1.55. The van der Waals surface area contributed by atoms with E-state index in [2.05, 4.69) is 39.1 Å². The van der Waals surface area contributed by atoms with Gasteiger partial charge in [-0.1, -0.05) is 35.3 Å². The largest absolute Gasteiger partial charge is 0.490 e. The molecule has 31 heavy (non-hydrogen) atoms. The van der Waals surface area contributed by atoms with Crippen LogP contribution in [-0.2, 0) is 6.42 Å². The minimum atomic E-state index is -0.00544. The lowest BCUT2D eigenvalue weighted by molar-refractivity contribution is 0.242. The Bertz CT molecular complexity index is 1150. The first-order chi connectivity index (χ1) is 15.1. The number of nitriles is 1. The monoisotopic (exact) mass is 432 g/mol. The van der Waals surface area contributed by atoms with Crippen molar-refractivity contribution in [2.45, 2.75) is 56.9 Å². The van der Waals surface area contributed by atoms with Crippen molar-refractivity contribution >= 4 is 11.9 Å². The van der Waals surface area contributed by atoms with Crippen molar-refractivity contribution in [3.05, 3.63) is 53.1 Å². The molecule has 3 aromatic rings. The number of aromatic nitrogens is 2. The molecule has 1 aromatic heterocycles. The zero-order chi connectivity index (χ0) is 21.4. The van der Waals surface area contributed by atoms with E-state index in [1.807, 2.05) is 31.9 Å². The highest BCUT2D eigenvalue weighted by Gasteiger charge is 2.29. The van der Waals surface area contributed by atoms with Crippen molar-refractivity contribution in [3.63, 3.8) is 0 Å². The molecule has 1 heterocycles. The molecule has 0 aliphatic heterocycles. The quantitative estimate of drug-likeness (QED) is 0.497. The Morgan fingerprint density at radius 1 is 1.23 bits per heavy atom. The number of ether oxygens (including phenoxy) is 1. The Labute approximate surface area is 186 Å². The fourth-order valence-electron chi connectivity index (χ4n) is 3.91.